The van der Waals surface area contributed by atoms with Crippen LogP contribution >= 0.6 is 0 Å². The van der Waals surface area contributed by atoms with Gasteiger partial charge in [0.15, 0.2) is 11.1 Å². The molecule has 0 saturated heterocycles. The minimum atomic E-state index is -1.31. The fourth-order valence-corrected chi connectivity index (χ4v) is 3.42. The molecule has 1 fully saturated rings. The molecule has 1 atom stereocenters. The van der Waals surface area contributed by atoms with Crippen molar-refractivity contribution in [1.82, 2.24) is 0 Å². The molecule has 3 heteroatoms. The third-order valence-corrected chi connectivity index (χ3v) is 4.57. The maximum absolute atomic E-state index is 11.9. The van der Waals surface area contributed by atoms with E-state index in [1.54, 1.807) is 0 Å². The molecule has 1 aliphatic carbocycles. The highest BCUT2D eigenvalue weighted by Crippen LogP contribution is 2.36. The molecule has 0 amide bonds. The molecule has 94 valence electrons. The largest absolute Gasteiger partial charge is 0.290 e. The highest BCUT2D eigenvalue weighted by molar-refractivity contribution is 7.80. The molecule has 2 rings (SSSR count). The van der Waals surface area contributed by atoms with Crippen LogP contribution in [-0.4, -0.2) is 11.3 Å². The molecule has 0 aliphatic heterocycles. The van der Waals surface area contributed by atoms with E-state index in [9.17, 15) is 4.21 Å². The maximum atomic E-state index is 11.9. The highest BCUT2D eigenvalue weighted by atomic mass is 32.2. The Morgan fingerprint density at radius 3 is 2.59 bits per heavy atom. The number of hydrogen-bond acceptors (Lipinski definition) is 2. The van der Waals surface area contributed by atoms with Crippen LogP contribution in [0.4, 0.5) is 0 Å². The molecule has 0 bridgehead atoms. The molecule has 1 aromatic rings. The standard InChI is InChI=1S/C14H20O2S/c1-11-8-9-14(17(15)16-2)13(10-11)12-6-4-3-5-7-12/h8-10,12H,3-7H2,1-2H3. The van der Waals surface area contributed by atoms with Crippen molar-refractivity contribution in [2.45, 2.75) is 49.8 Å². The van der Waals surface area contributed by atoms with Gasteiger partial charge < -0.3 is 0 Å². The summed E-state index contributed by atoms with van der Waals surface area (Å²) in [4.78, 5) is 0.866. The zero-order chi connectivity index (χ0) is 12.3. The van der Waals surface area contributed by atoms with Crippen molar-refractivity contribution in [1.29, 1.82) is 0 Å². The van der Waals surface area contributed by atoms with Gasteiger partial charge in [0.1, 0.15) is 0 Å². The maximum Gasteiger partial charge on any atom is 0.189 e. The molecular formula is C14H20O2S. The summed E-state index contributed by atoms with van der Waals surface area (Å²) in [6.07, 6.45) is 6.36. The van der Waals surface area contributed by atoms with Crippen LogP contribution in [0.5, 0.6) is 0 Å². The van der Waals surface area contributed by atoms with Crippen LogP contribution in [0.3, 0.4) is 0 Å². The fourth-order valence-electron chi connectivity index (χ4n) is 2.64. The smallest absolute Gasteiger partial charge is 0.189 e. The van der Waals surface area contributed by atoms with Crippen LogP contribution in [0.25, 0.3) is 0 Å². The van der Waals surface area contributed by atoms with Gasteiger partial charge in [-0.15, -0.1) is 0 Å². The first-order valence-corrected chi connectivity index (χ1v) is 7.36. The van der Waals surface area contributed by atoms with Crippen LogP contribution in [0.2, 0.25) is 0 Å². The van der Waals surface area contributed by atoms with Crippen molar-refractivity contribution in [3.63, 3.8) is 0 Å². The second-order valence-electron chi connectivity index (χ2n) is 4.78. The molecule has 0 radical (unpaired) electrons. The second kappa shape index (κ2) is 5.78. The van der Waals surface area contributed by atoms with E-state index in [1.165, 1.54) is 50.3 Å². The van der Waals surface area contributed by atoms with E-state index in [0.717, 1.165) is 4.90 Å². The van der Waals surface area contributed by atoms with Crippen molar-refractivity contribution in [2.75, 3.05) is 7.11 Å². The lowest BCUT2D eigenvalue weighted by molar-refractivity contribution is 0.429. The SMILES string of the molecule is COS(=O)c1ccc(C)cc1C1CCCCC1. The van der Waals surface area contributed by atoms with E-state index in [4.69, 9.17) is 4.18 Å². The number of hydrogen-bond donors (Lipinski definition) is 0. The lowest BCUT2D eigenvalue weighted by Gasteiger charge is -2.24. The van der Waals surface area contributed by atoms with E-state index in [-0.39, 0.29) is 0 Å². The summed E-state index contributed by atoms with van der Waals surface area (Å²) in [6, 6.07) is 6.15. The number of benzene rings is 1. The van der Waals surface area contributed by atoms with Crippen molar-refractivity contribution >= 4 is 11.1 Å². The monoisotopic (exact) mass is 252 g/mol. The van der Waals surface area contributed by atoms with Gasteiger partial charge in [0.2, 0.25) is 0 Å². The Kier molecular flexibility index (Phi) is 4.35. The molecule has 2 nitrogen and oxygen atoms in total. The van der Waals surface area contributed by atoms with E-state index in [0.29, 0.717) is 5.92 Å². The molecule has 1 aliphatic rings. The zero-order valence-corrected chi connectivity index (χ0v) is 11.4. The van der Waals surface area contributed by atoms with Gasteiger partial charge >= 0.3 is 0 Å². The first kappa shape index (κ1) is 12.8. The molecule has 17 heavy (non-hydrogen) atoms. The Morgan fingerprint density at radius 2 is 1.94 bits per heavy atom. The molecular weight excluding hydrogens is 232 g/mol. The second-order valence-corrected chi connectivity index (χ2v) is 6.02. The van der Waals surface area contributed by atoms with Crippen LogP contribution in [0.15, 0.2) is 23.1 Å². The van der Waals surface area contributed by atoms with Gasteiger partial charge in [-0.25, -0.2) is 4.21 Å². The summed E-state index contributed by atoms with van der Waals surface area (Å²) in [6.45, 7) is 2.09. The Labute approximate surface area is 106 Å². The summed E-state index contributed by atoms with van der Waals surface area (Å²) < 4.78 is 16.9. The molecule has 1 saturated carbocycles. The van der Waals surface area contributed by atoms with Crippen LogP contribution in [0, 0.1) is 6.92 Å². The Morgan fingerprint density at radius 1 is 1.24 bits per heavy atom. The van der Waals surface area contributed by atoms with Gasteiger partial charge in [0, 0.05) is 0 Å². The van der Waals surface area contributed by atoms with E-state index in [2.05, 4.69) is 13.0 Å². The summed E-state index contributed by atoms with van der Waals surface area (Å²) in [7, 11) is 1.50. The van der Waals surface area contributed by atoms with Crippen molar-refractivity contribution in [3.05, 3.63) is 29.3 Å². The number of rotatable bonds is 3. The predicted octanol–water partition coefficient (Wildman–Crippen LogP) is 3.71. The third kappa shape index (κ3) is 2.96. The summed E-state index contributed by atoms with van der Waals surface area (Å²) in [5.74, 6) is 0.567. The normalized spacial score (nSPS) is 19.2. The van der Waals surface area contributed by atoms with Crippen molar-refractivity contribution in [2.24, 2.45) is 0 Å². The average Bonchev–Trinajstić information content (AvgIpc) is 2.39. The van der Waals surface area contributed by atoms with E-state index in [1.807, 2.05) is 12.1 Å². The first-order valence-electron chi connectivity index (χ1n) is 6.29. The zero-order valence-electron chi connectivity index (χ0n) is 10.6. The van der Waals surface area contributed by atoms with Gasteiger partial charge in [0.25, 0.3) is 0 Å². The molecule has 0 aromatic heterocycles. The van der Waals surface area contributed by atoms with Gasteiger partial charge in [-0.05, 0) is 37.3 Å². The van der Waals surface area contributed by atoms with Crippen LogP contribution in [-0.2, 0) is 15.3 Å². The van der Waals surface area contributed by atoms with Gasteiger partial charge in [0.05, 0.1) is 12.0 Å². The van der Waals surface area contributed by atoms with Gasteiger partial charge in [-0.1, -0.05) is 37.0 Å². The van der Waals surface area contributed by atoms with Crippen molar-refractivity contribution < 1.29 is 8.39 Å². The summed E-state index contributed by atoms with van der Waals surface area (Å²) in [5, 5.41) is 0. The summed E-state index contributed by atoms with van der Waals surface area (Å²) >= 11 is -1.31. The predicted molar refractivity (Wildman–Crippen MR) is 70.4 cm³/mol. The number of aryl methyl sites for hydroxylation is 1. The minimum absolute atomic E-state index is 0.567. The highest BCUT2D eigenvalue weighted by Gasteiger charge is 2.21. The third-order valence-electron chi connectivity index (χ3n) is 3.54. The first-order chi connectivity index (χ1) is 8.22. The molecule has 0 N–H and O–H groups in total. The Hall–Kier alpha value is -0.670. The Bertz CT molecular complexity index is 409. The van der Waals surface area contributed by atoms with Crippen molar-refractivity contribution in [3.8, 4) is 0 Å². The molecule has 1 unspecified atom stereocenters. The minimum Gasteiger partial charge on any atom is -0.290 e. The van der Waals surface area contributed by atoms with Gasteiger partial charge in [-0.3, -0.25) is 4.18 Å². The Balaban J connectivity index is 2.35. The van der Waals surface area contributed by atoms with Gasteiger partial charge in [-0.2, -0.15) is 0 Å². The lowest BCUT2D eigenvalue weighted by atomic mass is 9.83. The molecule has 0 spiro atoms. The average molecular weight is 252 g/mol. The fraction of sp³-hybridized carbons (Fsp3) is 0.571. The lowest BCUT2D eigenvalue weighted by Crippen LogP contribution is -2.09. The van der Waals surface area contributed by atoms with Crippen LogP contribution < -0.4 is 0 Å². The van der Waals surface area contributed by atoms with E-state index >= 15 is 0 Å². The quantitative estimate of drug-likeness (QED) is 0.819. The molecule has 0 heterocycles. The van der Waals surface area contributed by atoms with Crippen LogP contribution in [0.1, 0.15) is 49.1 Å². The molecule has 1 aromatic carbocycles. The topological polar surface area (TPSA) is 26.3 Å². The van der Waals surface area contributed by atoms with E-state index < -0.39 is 11.1 Å². The summed E-state index contributed by atoms with van der Waals surface area (Å²) in [5.41, 5.74) is 2.48.